The van der Waals surface area contributed by atoms with E-state index in [4.69, 9.17) is 9.15 Å². The molecule has 1 N–H and O–H groups in total. The lowest BCUT2D eigenvalue weighted by Gasteiger charge is -2.15. The standard InChI is InChI=1S/C24H24N2O5/c1-17-8-13-21(31-17)15-26(2)22(27)16-30-23(28)14-25-24(29)20-11-9-19(10-12-20)18-6-4-3-5-7-18/h3-13H,14-16H2,1-2H3,(H,25,29). The number of carbonyl (C=O) groups is 3. The highest BCUT2D eigenvalue weighted by Gasteiger charge is 2.15. The third kappa shape index (κ3) is 6.30. The molecule has 0 aliphatic carbocycles. The highest BCUT2D eigenvalue weighted by atomic mass is 16.5. The Morgan fingerprint density at radius 1 is 0.935 bits per heavy atom. The van der Waals surface area contributed by atoms with Gasteiger partial charge in [0.15, 0.2) is 6.61 Å². The molecule has 3 rings (SSSR count). The molecule has 7 nitrogen and oxygen atoms in total. The molecular weight excluding hydrogens is 396 g/mol. The first-order valence-electron chi connectivity index (χ1n) is 9.81. The number of benzene rings is 2. The summed E-state index contributed by atoms with van der Waals surface area (Å²) in [6, 6.07) is 20.5. The van der Waals surface area contributed by atoms with Crippen molar-refractivity contribution < 1.29 is 23.5 Å². The summed E-state index contributed by atoms with van der Waals surface area (Å²) in [4.78, 5) is 37.6. The minimum absolute atomic E-state index is 0.278. The number of rotatable bonds is 8. The molecule has 31 heavy (non-hydrogen) atoms. The third-order valence-electron chi connectivity index (χ3n) is 4.62. The van der Waals surface area contributed by atoms with Gasteiger partial charge in [0.2, 0.25) is 0 Å². The molecule has 0 bridgehead atoms. The monoisotopic (exact) mass is 420 g/mol. The van der Waals surface area contributed by atoms with Gasteiger partial charge in [-0.15, -0.1) is 0 Å². The fourth-order valence-electron chi connectivity index (χ4n) is 2.89. The number of nitrogens with one attached hydrogen (secondary N) is 1. The molecule has 3 aromatic rings. The van der Waals surface area contributed by atoms with Gasteiger partial charge in [0.1, 0.15) is 18.1 Å². The summed E-state index contributed by atoms with van der Waals surface area (Å²) < 4.78 is 10.4. The van der Waals surface area contributed by atoms with Gasteiger partial charge in [-0.25, -0.2) is 0 Å². The SMILES string of the molecule is Cc1ccc(CN(C)C(=O)COC(=O)CNC(=O)c2ccc(-c3ccccc3)cc2)o1. The molecule has 7 heteroatoms. The average Bonchev–Trinajstić information content (AvgIpc) is 3.20. The van der Waals surface area contributed by atoms with Gasteiger partial charge in [0.05, 0.1) is 6.54 Å². The summed E-state index contributed by atoms with van der Waals surface area (Å²) in [7, 11) is 1.59. The van der Waals surface area contributed by atoms with Crippen molar-refractivity contribution in [1.82, 2.24) is 10.2 Å². The smallest absolute Gasteiger partial charge is 0.325 e. The zero-order chi connectivity index (χ0) is 22.2. The number of carbonyl (C=O) groups excluding carboxylic acids is 3. The average molecular weight is 420 g/mol. The van der Waals surface area contributed by atoms with Crippen LogP contribution in [0.4, 0.5) is 0 Å². The van der Waals surface area contributed by atoms with E-state index < -0.39 is 18.5 Å². The Labute approximate surface area is 180 Å². The van der Waals surface area contributed by atoms with Crippen molar-refractivity contribution in [3.63, 3.8) is 0 Å². The van der Waals surface area contributed by atoms with Gasteiger partial charge >= 0.3 is 5.97 Å². The number of nitrogens with zero attached hydrogens (tertiary/aromatic N) is 1. The van der Waals surface area contributed by atoms with Crippen molar-refractivity contribution >= 4 is 17.8 Å². The van der Waals surface area contributed by atoms with Crippen LogP contribution in [-0.2, 0) is 20.9 Å². The van der Waals surface area contributed by atoms with Gasteiger partial charge in [-0.2, -0.15) is 0 Å². The molecule has 1 aromatic heterocycles. The van der Waals surface area contributed by atoms with Crippen molar-refractivity contribution in [3.05, 3.63) is 83.8 Å². The second kappa shape index (κ2) is 10.2. The number of ether oxygens (including phenoxy) is 1. The maximum atomic E-state index is 12.2. The predicted octanol–water partition coefficient (Wildman–Crippen LogP) is 3.19. The summed E-state index contributed by atoms with van der Waals surface area (Å²) >= 11 is 0. The first kappa shape index (κ1) is 21.8. The number of hydrogen-bond donors (Lipinski definition) is 1. The second-order valence-electron chi connectivity index (χ2n) is 7.05. The second-order valence-corrected chi connectivity index (χ2v) is 7.05. The number of amides is 2. The highest BCUT2D eigenvalue weighted by molar-refractivity contribution is 5.96. The van der Waals surface area contributed by atoms with E-state index in [1.54, 1.807) is 25.2 Å². The van der Waals surface area contributed by atoms with E-state index in [1.807, 2.05) is 55.5 Å². The summed E-state index contributed by atoms with van der Waals surface area (Å²) in [6.07, 6.45) is 0. The Morgan fingerprint density at radius 3 is 2.26 bits per heavy atom. The molecule has 1 heterocycles. The first-order valence-corrected chi connectivity index (χ1v) is 9.81. The highest BCUT2D eigenvalue weighted by Crippen LogP contribution is 2.19. The minimum Gasteiger partial charge on any atom is -0.464 e. The molecule has 2 aromatic carbocycles. The maximum Gasteiger partial charge on any atom is 0.325 e. The van der Waals surface area contributed by atoms with Crippen LogP contribution in [0.2, 0.25) is 0 Å². The summed E-state index contributed by atoms with van der Waals surface area (Å²) in [5.41, 5.74) is 2.47. The molecular formula is C24H24N2O5. The van der Waals surface area contributed by atoms with Crippen LogP contribution in [0.1, 0.15) is 21.9 Å². The van der Waals surface area contributed by atoms with E-state index in [0.29, 0.717) is 11.3 Å². The van der Waals surface area contributed by atoms with Gasteiger partial charge in [0.25, 0.3) is 11.8 Å². The van der Waals surface area contributed by atoms with E-state index in [-0.39, 0.29) is 19.0 Å². The number of esters is 1. The number of aryl methyl sites for hydroxylation is 1. The minimum atomic E-state index is -0.690. The maximum absolute atomic E-state index is 12.2. The van der Waals surface area contributed by atoms with Crippen LogP contribution in [0.15, 0.2) is 71.1 Å². The predicted molar refractivity (Wildman–Crippen MR) is 115 cm³/mol. The Balaban J connectivity index is 1.41. The van der Waals surface area contributed by atoms with Gasteiger partial charge < -0.3 is 19.4 Å². The van der Waals surface area contributed by atoms with Gasteiger partial charge in [-0.05, 0) is 42.3 Å². The van der Waals surface area contributed by atoms with Crippen LogP contribution in [0.25, 0.3) is 11.1 Å². The summed E-state index contributed by atoms with van der Waals surface area (Å²) in [6.45, 7) is 1.36. The molecule has 0 unspecified atom stereocenters. The van der Waals surface area contributed by atoms with Crippen molar-refractivity contribution in [2.45, 2.75) is 13.5 Å². The van der Waals surface area contributed by atoms with Crippen LogP contribution >= 0.6 is 0 Å². The zero-order valence-electron chi connectivity index (χ0n) is 17.5. The molecule has 0 saturated carbocycles. The van der Waals surface area contributed by atoms with E-state index in [9.17, 15) is 14.4 Å². The molecule has 160 valence electrons. The molecule has 0 spiro atoms. The quantitative estimate of drug-likeness (QED) is 0.566. The Morgan fingerprint density at radius 2 is 1.61 bits per heavy atom. The summed E-state index contributed by atoms with van der Waals surface area (Å²) in [5, 5.41) is 2.50. The van der Waals surface area contributed by atoms with Crippen LogP contribution in [0.5, 0.6) is 0 Å². The molecule has 0 radical (unpaired) electrons. The number of likely N-dealkylation sites (N-methyl/N-ethyl adjacent to an activating group) is 1. The van der Waals surface area contributed by atoms with Crippen LogP contribution in [0.3, 0.4) is 0 Å². The van der Waals surface area contributed by atoms with Crippen LogP contribution in [0, 0.1) is 6.92 Å². The Hall–Kier alpha value is -3.87. The molecule has 0 aliphatic heterocycles. The number of furan rings is 1. The van der Waals surface area contributed by atoms with Crippen molar-refractivity contribution in [3.8, 4) is 11.1 Å². The molecule has 0 fully saturated rings. The lowest BCUT2D eigenvalue weighted by atomic mass is 10.0. The molecule has 2 amide bonds. The van der Waals surface area contributed by atoms with Gasteiger partial charge in [-0.1, -0.05) is 42.5 Å². The Bertz CT molecular complexity index is 1040. The fraction of sp³-hybridized carbons (Fsp3) is 0.208. The Kier molecular flexibility index (Phi) is 7.22. The van der Waals surface area contributed by atoms with E-state index in [2.05, 4.69) is 5.32 Å². The van der Waals surface area contributed by atoms with E-state index >= 15 is 0 Å². The lowest BCUT2D eigenvalue weighted by Crippen LogP contribution is -2.34. The number of hydrogen-bond acceptors (Lipinski definition) is 5. The van der Waals surface area contributed by atoms with Crippen molar-refractivity contribution in [2.24, 2.45) is 0 Å². The van der Waals surface area contributed by atoms with Crippen molar-refractivity contribution in [2.75, 3.05) is 20.2 Å². The fourth-order valence-corrected chi connectivity index (χ4v) is 2.89. The summed E-state index contributed by atoms with van der Waals surface area (Å²) in [5.74, 6) is -0.0544. The van der Waals surface area contributed by atoms with Gasteiger partial charge in [0, 0.05) is 12.6 Å². The molecule has 0 atom stereocenters. The van der Waals surface area contributed by atoms with E-state index in [1.165, 1.54) is 4.90 Å². The first-order chi connectivity index (χ1) is 14.9. The largest absolute Gasteiger partial charge is 0.464 e. The topological polar surface area (TPSA) is 88.9 Å². The molecule has 0 aliphatic rings. The van der Waals surface area contributed by atoms with Crippen LogP contribution in [-0.4, -0.2) is 42.9 Å². The lowest BCUT2D eigenvalue weighted by molar-refractivity contribution is -0.150. The third-order valence-corrected chi connectivity index (χ3v) is 4.62. The van der Waals surface area contributed by atoms with Crippen molar-refractivity contribution in [1.29, 1.82) is 0 Å². The van der Waals surface area contributed by atoms with Gasteiger partial charge in [-0.3, -0.25) is 14.4 Å². The van der Waals surface area contributed by atoms with Crippen LogP contribution < -0.4 is 5.32 Å². The van der Waals surface area contributed by atoms with E-state index in [0.717, 1.165) is 16.9 Å². The molecule has 0 saturated heterocycles. The zero-order valence-corrected chi connectivity index (χ0v) is 17.5. The normalized spacial score (nSPS) is 10.4.